The number of benzene rings is 1. The highest BCUT2D eigenvalue weighted by atomic mass is 19.1. The van der Waals surface area contributed by atoms with Gasteiger partial charge in [-0.3, -0.25) is 14.3 Å². The van der Waals surface area contributed by atoms with Gasteiger partial charge in [-0.05, 0) is 31.0 Å². The average Bonchev–Trinajstić information content (AvgIpc) is 3.35. The fourth-order valence-electron chi connectivity index (χ4n) is 3.05. The number of amides is 1. The van der Waals surface area contributed by atoms with Gasteiger partial charge in [0.25, 0.3) is 11.5 Å². The highest BCUT2D eigenvalue weighted by Crippen LogP contribution is 2.15. The fraction of sp³-hybridized carbons (Fsp3) is 0.263. The number of carbonyl (C=O) groups excluding carboxylic acids is 1. The van der Waals surface area contributed by atoms with Gasteiger partial charge in [0.2, 0.25) is 0 Å². The molecule has 1 amide bonds. The predicted octanol–water partition coefficient (Wildman–Crippen LogP) is 2.00. The summed E-state index contributed by atoms with van der Waals surface area (Å²) < 4.78 is 22.1. The van der Waals surface area contributed by atoms with Crippen molar-refractivity contribution in [1.82, 2.24) is 19.6 Å². The summed E-state index contributed by atoms with van der Waals surface area (Å²) in [6.45, 7) is 1.38. The molecule has 1 unspecified atom stereocenters. The zero-order valence-electron chi connectivity index (χ0n) is 14.9. The second-order valence-corrected chi connectivity index (χ2v) is 6.46. The minimum absolute atomic E-state index is 0.0188. The first kappa shape index (κ1) is 18.1. The Kier molecular flexibility index (Phi) is 4.98. The predicted molar refractivity (Wildman–Crippen MR) is 98.9 cm³/mol. The summed E-state index contributed by atoms with van der Waals surface area (Å²) >= 11 is 0. The number of nitrogens with one attached hydrogen (secondary N) is 1. The van der Waals surface area contributed by atoms with E-state index in [4.69, 9.17) is 4.74 Å². The zero-order chi connectivity index (χ0) is 19.5. The molecule has 1 aliphatic heterocycles. The van der Waals surface area contributed by atoms with Gasteiger partial charge < -0.3 is 10.1 Å². The smallest absolute Gasteiger partial charge is 0.276 e. The number of carbonyl (C=O) groups is 1. The third kappa shape index (κ3) is 3.84. The summed E-state index contributed by atoms with van der Waals surface area (Å²) in [7, 11) is 0. The van der Waals surface area contributed by atoms with Crippen molar-refractivity contribution in [2.24, 2.45) is 0 Å². The maximum atomic E-state index is 14.0. The molecule has 1 aliphatic rings. The lowest BCUT2D eigenvalue weighted by molar-refractivity contribution is 0.0940. The Labute approximate surface area is 159 Å². The molecular weight excluding hydrogens is 365 g/mol. The molecule has 3 aromatic rings. The maximum absolute atomic E-state index is 14.0. The van der Waals surface area contributed by atoms with E-state index in [2.05, 4.69) is 15.5 Å². The van der Waals surface area contributed by atoms with E-state index < -0.39 is 17.3 Å². The SMILES string of the molecule is O=C(Nc1cnn(CC2CCCO2)c1)c1ccc(=O)n(-c2ccccc2F)n1. The molecule has 2 aromatic heterocycles. The van der Waals surface area contributed by atoms with Crippen LogP contribution in [0.5, 0.6) is 0 Å². The van der Waals surface area contributed by atoms with E-state index in [1.54, 1.807) is 16.9 Å². The van der Waals surface area contributed by atoms with Gasteiger partial charge in [-0.1, -0.05) is 12.1 Å². The molecule has 8 nitrogen and oxygen atoms in total. The average molecular weight is 383 g/mol. The second-order valence-electron chi connectivity index (χ2n) is 6.46. The van der Waals surface area contributed by atoms with E-state index in [1.807, 2.05) is 0 Å². The van der Waals surface area contributed by atoms with Gasteiger partial charge in [0, 0.05) is 18.9 Å². The number of hydrogen-bond donors (Lipinski definition) is 1. The number of rotatable bonds is 5. The van der Waals surface area contributed by atoms with Gasteiger partial charge in [-0.15, -0.1) is 0 Å². The van der Waals surface area contributed by atoms with E-state index in [9.17, 15) is 14.0 Å². The van der Waals surface area contributed by atoms with Gasteiger partial charge in [0.15, 0.2) is 0 Å². The number of para-hydroxylation sites is 1. The molecule has 1 aromatic carbocycles. The van der Waals surface area contributed by atoms with Crippen LogP contribution < -0.4 is 10.9 Å². The van der Waals surface area contributed by atoms with E-state index in [0.29, 0.717) is 12.2 Å². The van der Waals surface area contributed by atoms with E-state index in [1.165, 1.54) is 36.5 Å². The largest absolute Gasteiger partial charge is 0.376 e. The minimum Gasteiger partial charge on any atom is -0.376 e. The van der Waals surface area contributed by atoms with Crippen LogP contribution in [0.4, 0.5) is 10.1 Å². The van der Waals surface area contributed by atoms with Crippen molar-refractivity contribution in [2.45, 2.75) is 25.5 Å². The molecule has 0 spiro atoms. The molecule has 0 saturated carbocycles. The lowest BCUT2D eigenvalue weighted by Crippen LogP contribution is -2.25. The van der Waals surface area contributed by atoms with Crippen molar-refractivity contribution >= 4 is 11.6 Å². The number of nitrogens with zero attached hydrogens (tertiary/aromatic N) is 4. The first-order valence-corrected chi connectivity index (χ1v) is 8.91. The zero-order valence-corrected chi connectivity index (χ0v) is 14.9. The van der Waals surface area contributed by atoms with Crippen molar-refractivity contribution < 1.29 is 13.9 Å². The summed E-state index contributed by atoms with van der Waals surface area (Å²) in [6, 6.07) is 8.20. The van der Waals surface area contributed by atoms with Crippen molar-refractivity contribution in [2.75, 3.05) is 11.9 Å². The van der Waals surface area contributed by atoms with Gasteiger partial charge in [-0.25, -0.2) is 4.39 Å². The van der Waals surface area contributed by atoms with Crippen LogP contribution in [0.25, 0.3) is 5.69 Å². The van der Waals surface area contributed by atoms with Crippen LogP contribution in [0.15, 0.2) is 53.6 Å². The topological polar surface area (TPSA) is 91.0 Å². The Balaban J connectivity index is 1.51. The van der Waals surface area contributed by atoms with E-state index in [-0.39, 0.29) is 17.5 Å². The van der Waals surface area contributed by atoms with Crippen LogP contribution in [0.2, 0.25) is 0 Å². The Morgan fingerprint density at radius 3 is 2.93 bits per heavy atom. The molecule has 1 N–H and O–H groups in total. The molecule has 28 heavy (non-hydrogen) atoms. The summed E-state index contributed by atoms with van der Waals surface area (Å²) in [4.78, 5) is 24.6. The van der Waals surface area contributed by atoms with Crippen LogP contribution in [0.1, 0.15) is 23.3 Å². The molecule has 4 rings (SSSR count). The first-order chi connectivity index (χ1) is 13.6. The van der Waals surface area contributed by atoms with Gasteiger partial charge in [0.05, 0.1) is 24.5 Å². The molecule has 0 aliphatic carbocycles. The van der Waals surface area contributed by atoms with Crippen LogP contribution in [-0.2, 0) is 11.3 Å². The van der Waals surface area contributed by atoms with Crippen molar-refractivity contribution in [1.29, 1.82) is 0 Å². The summed E-state index contributed by atoms with van der Waals surface area (Å²) in [5, 5.41) is 10.9. The number of aromatic nitrogens is 4. The molecule has 0 radical (unpaired) electrons. The third-order valence-corrected chi connectivity index (χ3v) is 4.42. The molecule has 144 valence electrons. The highest BCUT2D eigenvalue weighted by molar-refractivity contribution is 6.02. The molecule has 9 heteroatoms. The van der Waals surface area contributed by atoms with Crippen molar-refractivity contribution in [3.63, 3.8) is 0 Å². The molecule has 1 saturated heterocycles. The molecule has 3 heterocycles. The quantitative estimate of drug-likeness (QED) is 0.728. The Hall–Kier alpha value is -3.33. The molecule has 0 bridgehead atoms. The highest BCUT2D eigenvalue weighted by Gasteiger charge is 2.17. The lowest BCUT2D eigenvalue weighted by atomic mass is 10.2. The Morgan fingerprint density at radius 1 is 1.29 bits per heavy atom. The third-order valence-electron chi connectivity index (χ3n) is 4.42. The van der Waals surface area contributed by atoms with Crippen LogP contribution in [0.3, 0.4) is 0 Å². The molecular formula is C19H18FN5O3. The number of hydrogen-bond acceptors (Lipinski definition) is 5. The van der Waals surface area contributed by atoms with E-state index >= 15 is 0 Å². The summed E-state index contributed by atoms with van der Waals surface area (Å²) in [6.07, 6.45) is 5.39. The molecule has 1 fully saturated rings. The van der Waals surface area contributed by atoms with Crippen molar-refractivity contribution in [3.8, 4) is 5.69 Å². The van der Waals surface area contributed by atoms with Crippen LogP contribution in [-0.4, -0.2) is 38.2 Å². The number of anilines is 1. The minimum atomic E-state index is -0.606. The first-order valence-electron chi connectivity index (χ1n) is 8.91. The van der Waals surface area contributed by atoms with Gasteiger partial charge >= 0.3 is 0 Å². The molecule has 1 atom stereocenters. The lowest BCUT2D eigenvalue weighted by Gasteiger charge is -2.09. The Morgan fingerprint density at radius 2 is 2.14 bits per heavy atom. The second kappa shape index (κ2) is 7.73. The number of ether oxygens (including phenoxy) is 1. The van der Waals surface area contributed by atoms with Gasteiger partial charge in [-0.2, -0.15) is 14.9 Å². The maximum Gasteiger partial charge on any atom is 0.276 e. The summed E-state index contributed by atoms with van der Waals surface area (Å²) in [5.74, 6) is -1.13. The normalized spacial score (nSPS) is 16.2. The van der Waals surface area contributed by atoms with Crippen LogP contribution in [0, 0.1) is 5.82 Å². The van der Waals surface area contributed by atoms with E-state index in [0.717, 1.165) is 24.1 Å². The monoisotopic (exact) mass is 383 g/mol. The van der Waals surface area contributed by atoms with Crippen LogP contribution >= 0.6 is 0 Å². The Bertz CT molecular complexity index is 1060. The van der Waals surface area contributed by atoms with Gasteiger partial charge in [0.1, 0.15) is 17.2 Å². The fourth-order valence-corrected chi connectivity index (χ4v) is 3.05. The standard InChI is InChI=1S/C19H18FN5O3/c20-15-5-1-2-6-17(15)25-18(26)8-7-16(23-25)19(27)22-13-10-21-24(11-13)12-14-4-3-9-28-14/h1-2,5-8,10-11,14H,3-4,9,12H2,(H,22,27). The van der Waals surface area contributed by atoms with Crippen molar-refractivity contribution in [3.05, 3.63) is 70.7 Å². The number of halogens is 1. The summed E-state index contributed by atoms with van der Waals surface area (Å²) in [5.41, 5.74) is -0.0827.